The molecule has 1 N–H and O–H groups in total. The van der Waals surface area contributed by atoms with Gasteiger partial charge in [-0.1, -0.05) is 29.3 Å². The maximum absolute atomic E-state index is 12.7. The van der Waals surface area contributed by atoms with Gasteiger partial charge in [0.05, 0.1) is 28.3 Å². The van der Waals surface area contributed by atoms with Crippen LogP contribution in [0.15, 0.2) is 48.3 Å². The van der Waals surface area contributed by atoms with Gasteiger partial charge in [0.25, 0.3) is 11.7 Å². The molecule has 6 nitrogen and oxygen atoms in total. The number of amides is 1. The van der Waals surface area contributed by atoms with Crippen molar-refractivity contribution in [3.05, 3.63) is 69.5 Å². The van der Waals surface area contributed by atoms with Gasteiger partial charge in [-0.05, 0) is 29.8 Å². The summed E-state index contributed by atoms with van der Waals surface area (Å²) in [7, 11) is 1.51. The SMILES string of the molecule is COCCN1C(=O)C(=O)/C(=C(\O)c2ccc(Cl)c(Cl)c2)C1c1cccnc1. The van der Waals surface area contributed by atoms with Crippen LogP contribution in [0, 0.1) is 0 Å². The number of hydrogen-bond donors (Lipinski definition) is 1. The molecule has 1 aromatic carbocycles. The van der Waals surface area contributed by atoms with Crippen LogP contribution in [0.1, 0.15) is 17.2 Å². The van der Waals surface area contributed by atoms with E-state index in [1.165, 1.54) is 30.2 Å². The Kier molecular flexibility index (Phi) is 5.79. The summed E-state index contributed by atoms with van der Waals surface area (Å²) in [4.78, 5) is 30.7. The van der Waals surface area contributed by atoms with Crippen LogP contribution in [0.25, 0.3) is 5.76 Å². The van der Waals surface area contributed by atoms with E-state index in [0.29, 0.717) is 16.1 Å². The molecule has 1 aliphatic heterocycles. The fraction of sp³-hybridized carbons (Fsp3) is 0.211. The molecule has 27 heavy (non-hydrogen) atoms. The number of rotatable bonds is 5. The number of benzene rings is 1. The number of aliphatic hydroxyl groups is 1. The number of aromatic nitrogens is 1. The number of carbonyl (C=O) groups excluding carboxylic acids is 2. The van der Waals surface area contributed by atoms with Gasteiger partial charge in [0, 0.05) is 31.6 Å². The third-order valence-electron chi connectivity index (χ3n) is 4.27. The van der Waals surface area contributed by atoms with Gasteiger partial charge in [0.2, 0.25) is 0 Å². The minimum Gasteiger partial charge on any atom is -0.507 e. The van der Waals surface area contributed by atoms with E-state index in [1.807, 2.05) is 0 Å². The molecule has 2 aromatic rings. The van der Waals surface area contributed by atoms with E-state index in [1.54, 1.807) is 24.5 Å². The second kappa shape index (κ2) is 8.08. The largest absolute Gasteiger partial charge is 0.507 e. The van der Waals surface area contributed by atoms with Crippen molar-refractivity contribution in [1.29, 1.82) is 0 Å². The van der Waals surface area contributed by atoms with Gasteiger partial charge in [-0.15, -0.1) is 0 Å². The van der Waals surface area contributed by atoms with E-state index in [-0.39, 0.29) is 29.5 Å². The standard InChI is InChI=1S/C19H16Cl2N2O4/c1-27-8-7-23-16(12-3-2-6-22-10-12)15(18(25)19(23)26)17(24)11-4-5-13(20)14(21)9-11/h2-6,9-10,16,24H,7-8H2,1H3/b17-15-. The molecule has 0 spiro atoms. The molecular weight excluding hydrogens is 391 g/mol. The molecule has 1 saturated heterocycles. The maximum Gasteiger partial charge on any atom is 0.295 e. The molecule has 1 aromatic heterocycles. The van der Waals surface area contributed by atoms with E-state index in [4.69, 9.17) is 27.9 Å². The lowest BCUT2D eigenvalue weighted by atomic mass is 9.96. The molecule has 8 heteroatoms. The Morgan fingerprint density at radius 1 is 1.26 bits per heavy atom. The van der Waals surface area contributed by atoms with Gasteiger partial charge in [0.15, 0.2) is 0 Å². The van der Waals surface area contributed by atoms with Gasteiger partial charge >= 0.3 is 0 Å². The number of nitrogens with zero attached hydrogens (tertiary/aromatic N) is 2. The molecule has 0 saturated carbocycles. The summed E-state index contributed by atoms with van der Waals surface area (Å²) in [6.07, 6.45) is 3.14. The second-order valence-corrected chi connectivity index (χ2v) is 6.71. The summed E-state index contributed by atoms with van der Waals surface area (Å²) < 4.78 is 5.05. The predicted molar refractivity (Wildman–Crippen MR) is 102 cm³/mol. The highest BCUT2D eigenvalue weighted by atomic mass is 35.5. The molecule has 1 atom stereocenters. The number of ether oxygens (including phenoxy) is 1. The third kappa shape index (κ3) is 3.69. The zero-order valence-electron chi connectivity index (χ0n) is 14.4. The minimum atomic E-state index is -0.775. The van der Waals surface area contributed by atoms with Gasteiger partial charge < -0.3 is 14.7 Å². The van der Waals surface area contributed by atoms with E-state index in [9.17, 15) is 14.7 Å². The average molecular weight is 407 g/mol. The number of halogens is 2. The van der Waals surface area contributed by atoms with Gasteiger partial charge in [-0.2, -0.15) is 0 Å². The molecule has 2 heterocycles. The summed E-state index contributed by atoms with van der Waals surface area (Å²) in [6, 6.07) is 7.16. The van der Waals surface area contributed by atoms with Crippen LogP contribution in [-0.2, 0) is 14.3 Å². The first-order valence-electron chi connectivity index (χ1n) is 8.08. The van der Waals surface area contributed by atoms with Crippen LogP contribution in [0.4, 0.5) is 0 Å². The number of hydrogen-bond acceptors (Lipinski definition) is 5. The number of aliphatic hydroxyl groups excluding tert-OH is 1. The van der Waals surface area contributed by atoms with Crippen LogP contribution >= 0.6 is 23.2 Å². The summed E-state index contributed by atoms with van der Waals surface area (Å²) >= 11 is 11.9. The Morgan fingerprint density at radius 2 is 2.04 bits per heavy atom. The van der Waals surface area contributed by atoms with Crippen LogP contribution < -0.4 is 0 Å². The molecule has 1 amide bonds. The monoisotopic (exact) mass is 406 g/mol. The highest BCUT2D eigenvalue weighted by Crippen LogP contribution is 2.39. The Balaban J connectivity index is 2.16. The van der Waals surface area contributed by atoms with E-state index < -0.39 is 17.7 Å². The van der Waals surface area contributed by atoms with Crippen LogP contribution in [0.3, 0.4) is 0 Å². The van der Waals surface area contributed by atoms with Crippen molar-refractivity contribution in [2.75, 3.05) is 20.3 Å². The lowest BCUT2D eigenvalue weighted by molar-refractivity contribution is -0.140. The van der Waals surface area contributed by atoms with E-state index in [0.717, 1.165) is 0 Å². The first-order chi connectivity index (χ1) is 13.0. The van der Waals surface area contributed by atoms with E-state index in [2.05, 4.69) is 4.98 Å². The molecule has 1 aliphatic rings. The Labute approximate surface area is 166 Å². The van der Waals surface area contributed by atoms with Crippen molar-refractivity contribution in [3.63, 3.8) is 0 Å². The predicted octanol–water partition coefficient (Wildman–Crippen LogP) is 3.46. The Hall–Kier alpha value is -2.41. The molecule has 0 bridgehead atoms. The number of pyridine rings is 1. The molecule has 0 aliphatic carbocycles. The molecule has 140 valence electrons. The fourth-order valence-electron chi connectivity index (χ4n) is 2.98. The van der Waals surface area contributed by atoms with Crippen LogP contribution in [0.5, 0.6) is 0 Å². The quantitative estimate of drug-likeness (QED) is 0.467. The van der Waals surface area contributed by atoms with Crippen molar-refractivity contribution in [2.24, 2.45) is 0 Å². The number of likely N-dealkylation sites (tertiary alicyclic amines) is 1. The third-order valence-corrected chi connectivity index (χ3v) is 5.01. The molecule has 1 fully saturated rings. The summed E-state index contributed by atoms with van der Waals surface area (Å²) in [5.74, 6) is -1.80. The van der Waals surface area contributed by atoms with Crippen molar-refractivity contribution in [2.45, 2.75) is 6.04 Å². The average Bonchev–Trinajstić information content (AvgIpc) is 2.93. The molecule has 1 unspecified atom stereocenters. The highest BCUT2D eigenvalue weighted by Gasteiger charge is 2.45. The smallest absolute Gasteiger partial charge is 0.295 e. The molecular formula is C19H16Cl2N2O4. The summed E-state index contributed by atoms with van der Waals surface area (Å²) in [6.45, 7) is 0.440. The minimum absolute atomic E-state index is 0.0255. The number of Topliss-reactive ketones (excluding diaryl/α,β-unsaturated/α-hetero) is 1. The Morgan fingerprint density at radius 3 is 2.67 bits per heavy atom. The lowest BCUT2D eigenvalue weighted by Crippen LogP contribution is -2.32. The topological polar surface area (TPSA) is 79.7 Å². The summed E-state index contributed by atoms with van der Waals surface area (Å²) in [5, 5.41) is 11.4. The first kappa shape index (κ1) is 19.4. The molecule has 3 rings (SSSR count). The zero-order valence-corrected chi connectivity index (χ0v) is 15.9. The van der Waals surface area contributed by atoms with Crippen LogP contribution in [0.2, 0.25) is 10.0 Å². The fourth-order valence-corrected chi connectivity index (χ4v) is 3.28. The van der Waals surface area contributed by atoms with Crippen molar-refractivity contribution >= 4 is 40.7 Å². The Bertz CT molecular complexity index is 915. The zero-order chi connectivity index (χ0) is 19.6. The van der Waals surface area contributed by atoms with Gasteiger partial charge in [-0.25, -0.2) is 0 Å². The van der Waals surface area contributed by atoms with Gasteiger partial charge in [0.1, 0.15) is 5.76 Å². The highest BCUT2D eigenvalue weighted by molar-refractivity contribution is 6.46. The second-order valence-electron chi connectivity index (χ2n) is 5.90. The van der Waals surface area contributed by atoms with Gasteiger partial charge in [-0.3, -0.25) is 14.6 Å². The first-order valence-corrected chi connectivity index (χ1v) is 8.84. The van der Waals surface area contributed by atoms with Crippen molar-refractivity contribution in [1.82, 2.24) is 9.88 Å². The van der Waals surface area contributed by atoms with Crippen molar-refractivity contribution in [3.8, 4) is 0 Å². The number of ketones is 1. The van der Waals surface area contributed by atoms with Crippen LogP contribution in [-0.4, -0.2) is 46.9 Å². The van der Waals surface area contributed by atoms with E-state index >= 15 is 0 Å². The molecule has 0 radical (unpaired) electrons. The number of methoxy groups -OCH3 is 1. The lowest BCUT2D eigenvalue weighted by Gasteiger charge is -2.24. The normalized spacial score (nSPS) is 18.9. The summed E-state index contributed by atoms with van der Waals surface area (Å²) in [5.41, 5.74) is 0.875. The maximum atomic E-state index is 12.7. The number of carbonyl (C=O) groups is 2. The van der Waals surface area contributed by atoms with Crippen molar-refractivity contribution < 1.29 is 19.4 Å².